The molecule has 6 nitrogen and oxygen atoms in total. The third-order valence-electron chi connectivity index (χ3n) is 2.56. The highest BCUT2D eigenvalue weighted by Crippen LogP contribution is 2.14. The lowest BCUT2D eigenvalue weighted by atomic mass is 10.3. The zero-order valence-corrected chi connectivity index (χ0v) is 10.5. The van der Waals surface area contributed by atoms with Crippen LogP contribution in [0.5, 0.6) is 0 Å². The molecular weight excluding hydrogens is 248 g/mol. The van der Waals surface area contributed by atoms with E-state index < -0.39 is 5.97 Å². The van der Waals surface area contributed by atoms with Gasteiger partial charge in [0, 0.05) is 6.42 Å². The summed E-state index contributed by atoms with van der Waals surface area (Å²) in [5.74, 6) is -0.211. The minimum Gasteiger partial charge on any atom is -0.469 e. The second-order valence-electron chi connectivity index (χ2n) is 3.93. The topological polar surface area (TPSA) is 81.4 Å². The van der Waals surface area contributed by atoms with Gasteiger partial charge in [0.05, 0.1) is 20.1 Å². The summed E-state index contributed by atoms with van der Waals surface area (Å²) in [7, 11) is 1.29. The van der Waals surface area contributed by atoms with Crippen LogP contribution in [0.2, 0.25) is 0 Å². The van der Waals surface area contributed by atoms with E-state index in [1.54, 1.807) is 0 Å². The molecule has 0 saturated heterocycles. The van der Waals surface area contributed by atoms with Crippen molar-refractivity contribution in [3.05, 3.63) is 30.2 Å². The van der Waals surface area contributed by atoms with Crippen molar-refractivity contribution in [3.8, 4) is 0 Å². The monoisotopic (exact) mass is 262 g/mol. The van der Waals surface area contributed by atoms with E-state index in [4.69, 9.17) is 4.42 Å². The average molecular weight is 262 g/mol. The maximum atomic E-state index is 11.5. The van der Waals surface area contributed by atoms with Crippen LogP contribution in [-0.4, -0.2) is 24.0 Å². The SMILES string of the molecule is COC(=O)CCC(=O)NCc1nc2ccccc2o1. The zero-order chi connectivity index (χ0) is 13.7. The molecule has 0 aliphatic rings. The van der Waals surface area contributed by atoms with Gasteiger partial charge in [-0.3, -0.25) is 9.59 Å². The third-order valence-corrected chi connectivity index (χ3v) is 2.56. The molecule has 0 fully saturated rings. The Kier molecular flexibility index (Phi) is 4.12. The summed E-state index contributed by atoms with van der Waals surface area (Å²) in [6.45, 7) is 0.203. The van der Waals surface area contributed by atoms with E-state index in [1.807, 2.05) is 24.3 Å². The highest BCUT2D eigenvalue weighted by atomic mass is 16.5. The van der Waals surface area contributed by atoms with E-state index in [1.165, 1.54) is 7.11 Å². The Hall–Kier alpha value is -2.37. The Morgan fingerprint density at radius 3 is 2.84 bits per heavy atom. The molecule has 2 rings (SSSR count). The number of hydrogen-bond donors (Lipinski definition) is 1. The van der Waals surface area contributed by atoms with Gasteiger partial charge in [0.2, 0.25) is 11.8 Å². The van der Waals surface area contributed by atoms with Crippen molar-refractivity contribution >= 4 is 23.0 Å². The van der Waals surface area contributed by atoms with Crippen LogP contribution in [0.1, 0.15) is 18.7 Å². The number of hydrogen-bond acceptors (Lipinski definition) is 5. The number of carbonyl (C=O) groups excluding carboxylic acids is 2. The number of methoxy groups -OCH3 is 1. The van der Waals surface area contributed by atoms with Gasteiger partial charge in [0.15, 0.2) is 5.58 Å². The van der Waals surface area contributed by atoms with Gasteiger partial charge >= 0.3 is 5.97 Å². The number of aromatic nitrogens is 1. The number of ether oxygens (including phenoxy) is 1. The summed E-state index contributed by atoms with van der Waals surface area (Å²) in [6.07, 6.45) is 0.156. The molecule has 1 heterocycles. The lowest BCUT2D eigenvalue weighted by molar-refractivity contribution is -0.142. The summed E-state index contributed by atoms with van der Waals surface area (Å²) in [5, 5.41) is 2.64. The smallest absolute Gasteiger partial charge is 0.306 e. The fourth-order valence-electron chi connectivity index (χ4n) is 1.58. The Morgan fingerprint density at radius 2 is 2.11 bits per heavy atom. The van der Waals surface area contributed by atoms with Crippen molar-refractivity contribution < 1.29 is 18.7 Å². The number of para-hydroxylation sites is 2. The molecule has 19 heavy (non-hydrogen) atoms. The Labute approximate surface area is 109 Å². The van der Waals surface area contributed by atoms with Crippen molar-refractivity contribution in [3.63, 3.8) is 0 Å². The van der Waals surface area contributed by atoms with Gasteiger partial charge in [-0.15, -0.1) is 0 Å². The molecule has 0 bridgehead atoms. The van der Waals surface area contributed by atoms with Crippen molar-refractivity contribution in [2.24, 2.45) is 0 Å². The molecule has 1 aromatic carbocycles. The van der Waals surface area contributed by atoms with Crippen molar-refractivity contribution in [1.29, 1.82) is 0 Å². The summed E-state index contributed by atoms with van der Waals surface area (Å²) in [4.78, 5) is 26.6. The van der Waals surface area contributed by atoms with Crippen LogP contribution >= 0.6 is 0 Å². The molecule has 0 aliphatic heterocycles. The lowest BCUT2D eigenvalue weighted by Crippen LogP contribution is -2.23. The van der Waals surface area contributed by atoms with Crippen LogP contribution in [-0.2, 0) is 20.9 Å². The Balaban J connectivity index is 1.84. The minimum absolute atomic E-state index is 0.0654. The Morgan fingerprint density at radius 1 is 1.32 bits per heavy atom. The zero-order valence-electron chi connectivity index (χ0n) is 10.5. The van der Waals surface area contributed by atoms with E-state index in [0.717, 1.165) is 5.52 Å². The van der Waals surface area contributed by atoms with Gasteiger partial charge in [-0.2, -0.15) is 0 Å². The maximum absolute atomic E-state index is 11.5. The number of amides is 1. The number of benzene rings is 1. The molecule has 0 spiro atoms. The van der Waals surface area contributed by atoms with Gasteiger partial charge in [0.1, 0.15) is 5.52 Å². The fraction of sp³-hybridized carbons (Fsp3) is 0.308. The molecule has 0 saturated carbocycles. The third kappa shape index (κ3) is 3.54. The highest BCUT2D eigenvalue weighted by molar-refractivity contribution is 5.81. The molecule has 0 unspecified atom stereocenters. The quantitative estimate of drug-likeness (QED) is 0.823. The van der Waals surface area contributed by atoms with Crippen LogP contribution in [0.15, 0.2) is 28.7 Å². The molecule has 0 radical (unpaired) electrons. The van der Waals surface area contributed by atoms with Gasteiger partial charge in [-0.05, 0) is 12.1 Å². The molecule has 1 amide bonds. The van der Waals surface area contributed by atoms with Crippen molar-refractivity contribution in [2.75, 3.05) is 7.11 Å². The van der Waals surface area contributed by atoms with E-state index in [0.29, 0.717) is 11.5 Å². The molecule has 0 aliphatic carbocycles. The summed E-state index contributed by atoms with van der Waals surface area (Å²) < 4.78 is 9.90. The largest absolute Gasteiger partial charge is 0.469 e. The van der Waals surface area contributed by atoms with Crippen LogP contribution in [0.25, 0.3) is 11.1 Å². The van der Waals surface area contributed by atoms with Crippen molar-refractivity contribution in [1.82, 2.24) is 10.3 Å². The predicted octanol–water partition coefficient (Wildman–Crippen LogP) is 1.40. The van der Waals surface area contributed by atoms with Gasteiger partial charge in [-0.1, -0.05) is 12.1 Å². The molecule has 100 valence electrons. The van der Waals surface area contributed by atoms with Crippen LogP contribution in [0.3, 0.4) is 0 Å². The number of rotatable bonds is 5. The maximum Gasteiger partial charge on any atom is 0.306 e. The fourth-order valence-corrected chi connectivity index (χ4v) is 1.58. The van der Waals surface area contributed by atoms with Gasteiger partial charge in [-0.25, -0.2) is 4.98 Å². The number of esters is 1. The van der Waals surface area contributed by atoms with Crippen LogP contribution < -0.4 is 5.32 Å². The molecule has 0 atom stereocenters. The second-order valence-corrected chi connectivity index (χ2v) is 3.93. The van der Waals surface area contributed by atoms with Gasteiger partial charge < -0.3 is 14.5 Å². The first-order valence-corrected chi connectivity index (χ1v) is 5.87. The van der Waals surface area contributed by atoms with E-state index in [9.17, 15) is 9.59 Å². The second kappa shape index (κ2) is 5.99. The number of nitrogens with zero attached hydrogens (tertiary/aromatic N) is 1. The minimum atomic E-state index is -0.406. The lowest BCUT2D eigenvalue weighted by Gasteiger charge is -2.01. The van der Waals surface area contributed by atoms with Crippen LogP contribution in [0, 0.1) is 0 Å². The van der Waals surface area contributed by atoms with Crippen LogP contribution in [0.4, 0.5) is 0 Å². The summed E-state index contributed by atoms with van der Waals surface area (Å²) in [5.41, 5.74) is 1.43. The molecule has 6 heteroatoms. The van der Waals surface area contributed by atoms with Gasteiger partial charge in [0.25, 0.3) is 0 Å². The highest BCUT2D eigenvalue weighted by Gasteiger charge is 2.09. The summed E-state index contributed by atoms with van der Waals surface area (Å²) in [6, 6.07) is 7.36. The number of oxazole rings is 1. The number of nitrogens with one attached hydrogen (secondary N) is 1. The number of fused-ring (bicyclic) bond motifs is 1. The summed E-state index contributed by atoms with van der Waals surface area (Å²) >= 11 is 0. The first-order valence-electron chi connectivity index (χ1n) is 5.87. The van der Waals surface area contributed by atoms with Crippen molar-refractivity contribution in [2.45, 2.75) is 19.4 Å². The number of carbonyl (C=O) groups is 2. The molecule has 1 aromatic heterocycles. The predicted molar refractivity (Wildman–Crippen MR) is 67.1 cm³/mol. The first-order chi connectivity index (χ1) is 9.19. The van der Waals surface area contributed by atoms with E-state index in [2.05, 4.69) is 15.0 Å². The molecule has 1 N–H and O–H groups in total. The average Bonchev–Trinajstić information content (AvgIpc) is 2.85. The molecule has 2 aromatic rings. The Bertz CT molecular complexity index is 558. The first kappa shape index (κ1) is 13.1. The van der Waals surface area contributed by atoms with E-state index in [-0.39, 0.29) is 25.3 Å². The normalized spacial score (nSPS) is 10.4. The van der Waals surface area contributed by atoms with E-state index >= 15 is 0 Å². The standard InChI is InChI=1S/C13H14N2O4/c1-18-13(17)7-6-11(16)14-8-12-15-9-4-2-3-5-10(9)19-12/h2-5H,6-8H2,1H3,(H,14,16). The molecular formula is C13H14N2O4.